The molecule has 1 aliphatic rings. The van der Waals surface area contributed by atoms with Crippen molar-refractivity contribution in [2.45, 2.75) is 39.3 Å². The molecule has 0 bridgehead atoms. The van der Waals surface area contributed by atoms with Crippen LogP contribution < -0.4 is 10.6 Å². The normalized spacial score (nSPS) is 15.7. The first-order chi connectivity index (χ1) is 14.9. The van der Waals surface area contributed by atoms with E-state index >= 15 is 0 Å². The van der Waals surface area contributed by atoms with E-state index in [0.717, 1.165) is 23.1 Å². The molecular formula is C24H26N2O5. The molecule has 7 heteroatoms. The number of allylic oxidation sites excluding steroid dienone is 1. The van der Waals surface area contributed by atoms with Gasteiger partial charge in [-0.3, -0.25) is 0 Å². The first-order valence-corrected chi connectivity index (χ1v) is 10.1. The highest BCUT2D eigenvalue weighted by atomic mass is 16.5. The van der Waals surface area contributed by atoms with Gasteiger partial charge in [0, 0.05) is 5.70 Å². The summed E-state index contributed by atoms with van der Waals surface area (Å²) in [5.74, 6) is -0.928. The number of carbonyl (C=O) groups is 3. The minimum Gasteiger partial charge on any atom is -0.465 e. The molecule has 2 N–H and O–H groups in total. The minimum atomic E-state index is -0.593. The molecule has 1 heterocycles. The predicted octanol–water partition coefficient (Wildman–Crippen LogP) is 3.93. The number of aryl methyl sites for hydroxylation is 1. The van der Waals surface area contributed by atoms with Crippen LogP contribution in [0.2, 0.25) is 0 Å². The van der Waals surface area contributed by atoms with Gasteiger partial charge in [-0.25, -0.2) is 14.4 Å². The van der Waals surface area contributed by atoms with Crippen LogP contribution in [0.15, 0.2) is 59.8 Å². The highest BCUT2D eigenvalue weighted by Gasteiger charge is 2.33. The summed E-state index contributed by atoms with van der Waals surface area (Å²) in [6.45, 7) is 3.98. The van der Waals surface area contributed by atoms with Crippen LogP contribution in [0, 0.1) is 6.92 Å². The van der Waals surface area contributed by atoms with E-state index in [1.807, 2.05) is 38.1 Å². The van der Waals surface area contributed by atoms with Crippen molar-refractivity contribution in [1.29, 1.82) is 0 Å². The van der Waals surface area contributed by atoms with Gasteiger partial charge >= 0.3 is 18.0 Å². The zero-order valence-electron chi connectivity index (χ0n) is 17.9. The third-order valence-electron chi connectivity index (χ3n) is 4.99. The van der Waals surface area contributed by atoms with Crippen LogP contribution in [0.4, 0.5) is 4.79 Å². The summed E-state index contributed by atoms with van der Waals surface area (Å²) >= 11 is 0. The average Bonchev–Trinajstić information content (AvgIpc) is 2.77. The van der Waals surface area contributed by atoms with Crippen LogP contribution in [-0.4, -0.2) is 25.1 Å². The number of amides is 2. The Labute approximate surface area is 181 Å². The van der Waals surface area contributed by atoms with E-state index in [4.69, 9.17) is 4.74 Å². The lowest BCUT2D eigenvalue weighted by Crippen LogP contribution is -2.46. The lowest BCUT2D eigenvalue weighted by molar-refractivity contribution is -0.140. The Balaban J connectivity index is 1.84. The molecule has 2 amide bonds. The molecule has 0 radical (unpaired) electrons. The number of esters is 2. The van der Waals surface area contributed by atoms with Crippen LogP contribution in [0.1, 0.15) is 52.9 Å². The van der Waals surface area contributed by atoms with Gasteiger partial charge in [0.15, 0.2) is 0 Å². The van der Waals surface area contributed by atoms with Crippen molar-refractivity contribution in [3.8, 4) is 0 Å². The third kappa shape index (κ3) is 5.31. The Hall–Kier alpha value is -3.61. The number of hydrogen-bond acceptors (Lipinski definition) is 5. The fourth-order valence-corrected chi connectivity index (χ4v) is 3.49. The maximum Gasteiger partial charge on any atom is 0.338 e. The third-order valence-corrected chi connectivity index (χ3v) is 4.99. The van der Waals surface area contributed by atoms with Crippen molar-refractivity contribution in [2.24, 2.45) is 0 Å². The summed E-state index contributed by atoms with van der Waals surface area (Å²) in [4.78, 5) is 36.9. The monoisotopic (exact) mass is 422 g/mol. The summed E-state index contributed by atoms with van der Waals surface area (Å²) in [6, 6.07) is 13.4. The number of nitrogens with one attached hydrogen (secondary N) is 2. The number of hydrogen-bond donors (Lipinski definition) is 2. The number of rotatable bonds is 7. The number of methoxy groups -OCH3 is 1. The molecule has 31 heavy (non-hydrogen) atoms. The van der Waals surface area contributed by atoms with E-state index < -0.39 is 18.0 Å². The summed E-state index contributed by atoms with van der Waals surface area (Å²) < 4.78 is 10.3. The SMILES string of the molecule is CCCC1=C(C(=O)OCc2ccc(C(=O)OC)cc2)C(c2cccc(C)c2)NC(=O)N1. The molecular weight excluding hydrogens is 396 g/mol. The van der Waals surface area contributed by atoms with E-state index in [0.29, 0.717) is 23.3 Å². The van der Waals surface area contributed by atoms with Gasteiger partial charge in [0.1, 0.15) is 6.61 Å². The van der Waals surface area contributed by atoms with Gasteiger partial charge in [0.25, 0.3) is 0 Å². The number of urea groups is 1. The maximum atomic E-state index is 13.1. The van der Waals surface area contributed by atoms with Crippen molar-refractivity contribution in [3.63, 3.8) is 0 Å². The minimum absolute atomic E-state index is 0.0394. The molecule has 162 valence electrons. The van der Waals surface area contributed by atoms with Crippen LogP contribution in [-0.2, 0) is 20.9 Å². The van der Waals surface area contributed by atoms with Crippen LogP contribution in [0.5, 0.6) is 0 Å². The quantitative estimate of drug-likeness (QED) is 0.660. The zero-order valence-corrected chi connectivity index (χ0v) is 17.9. The van der Waals surface area contributed by atoms with Crippen molar-refractivity contribution >= 4 is 18.0 Å². The highest BCUT2D eigenvalue weighted by molar-refractivity contribution is 5.95. The Morgan fingerprint density at radius 2 is 1.81 bits per heavy atom. The van der Waals surface area contributed by atoms with E-state index in [9.17, 15) is 14.4 Å². The Bertz CT molecular complexity index is 1010. The number of ether oxygens (including phenoxy) is 2. The average molecular weight is 422 g/mol. The van der Waals surface area contributed by atoms with E-state index in [1.165, 1.54) is 7.11 Å². The Morgan fingerprint density at radius 1 is 1.06 bits per heavy atom. The van der Waals surface area contributed by atoms with Gasteiger partial charge in [-0.15, -0.1) is 0 Å². The van der Waals surface area contributed by atoms with E-state index in [1.54, 1.807) is 24.3 Å². The van der Waals surface area contributed by atoms with Crippen LogP contribution >= 0.6 is 0 Å². The molecule has 0 aliphatic carbocycles. The van der Waals surface area contributed by atoms with Gasteiger partial charge in [0.05, 0.1) is 24.3 Å². The largest absolute Gasteiger partial charge is 0.465 e. The summed E-state index contributed by atoms with van der Waals surface area (Å²) in [5.41, 5.74) is 3.98. The molecule has 7 nitrogen and oxygen atoms in total. The lowest BCUT2D eigenvalue weighted by atomic mass is 9.93. The highest BCUT2D eigenvalue weighted by Crippen LogP contribution is 2.30. The van der Waals surface area contributed by atoms with E-state index in [-0.39, 0.29) is 12.6 Å². The van der Waals surface area contributed by atoms with Crippen LogP contribution in [0.3, 0.4) is 0 Å². The van der Waals surface area contributed by atoms with Crippen molar-refractivity contribution in [1.82, 2.24) is 10.6 Å². The summed E-state index contributed by atoms with van der Waals surface area (Å²) in [6.07, 6.45) is 1.32. The molecule has 0 aromatic heterocycles. The molecule has 1 aliphatic heterocycles. The fraction of sp³-hybridized carbons (Fsp3) is 0.292. The second kappa shape index (κ2) is 9.93. The molecule has 0 spiro atoms. The fourth-order valence-electron chi connectivity index (χ4n) is 3.49. The molecule has 2 aromatic rings. The topological polar surface area (TPSA) is 93.7 Å². The van der Waals surface area contributed by atoms with Crippen LogP contribution in [0.25, 0.3) is 0 Å². The van der Waals surface area contributed by atoms with Gasteiger partial charge in [-0.2, -0.15) is 0 Å². The second-order valence-corrected chi connectivity index (χ2v) is 7.35. The van der Waals surface area contributed by atoms with Gasteiger partial charge in [0.2, 0.25) is 0 Å². The summed E-state index contributed by atoms with van der Waals surface area (Å²) in [7, 11) is 1.32. The molecule has 0 fully saturated rings. The molecule has 1 atom stereocenters. The summed E-state index contributed by atoms with van der Waals surface area (Å²) in [5, 5.41) is 5.61. The molecule has 0 saturated heterocycles. The van der Waals surface area contributed by atoms with Gasteiger partial charge < -0.3 is 20.1 Å². The van der Waals surface area contributed by atoms with E-state index in [2.05, 4.69) is 15.4 Å². The number of carbonyl (C=O) groups excluding carboxylic acids is 3. The maximum absolute atomic E-state index is 13.1. The Kier molecular flexibility index (Phi) is 7.07. The number of benzene rings is 2. The van der Waals surface area contributed by atoms with Crippen molar-refractivity contribution in [3.05, 3.63) is 82.1 Å². The smallest absolute Gasteiger partial charge is 0.338 e. The lowest BCUT2D eigenvalue weighted by Gasteiger charge is -2.29. The van der Waals surface area contributed by atoms with Gasteiger partial charge in [-0.05, 0) is 36.6 Å². The standard InChI is InChI=1S/C24H26N2O5/c1-4-6-19-20(21(26-24(29)25-19)18-8-5-7-15(2)13-18)23(28)31-14-16-9-11-17(12-10-16)22(27)30-3/h5,7-13,21H,4,6,14H2,1-3H3,(H2,25,26,29). The predicted molar refractivity (Wildman–Crippen MR) is 115 cm³/mol. The molecule has 0 saturated carbocycles. The molecule has 3 rings (SSSR count). The first-order valence-electron chi connectivity index (χ1n) is 10.1. The Morgan fingerprint density at radius 3 is 2.45 bits per heavy atom. The molecule has 2 aromatic carbocycles. The van der Waals surface area contributed by atoms with Gasteiger partial charge in [-0.1, -0.05) is 55.3 Å². The zero-order chi connectivity index (χ0) is 22.4. The van der Waals surface area contributed by atoms with Crippen molar-refractivity contribution in [2.75, 3.05) is 7.11 Å². The molecule has 1 unspecified atom stereocenters. The first kappa shape index (κ1) is 22.1. The van der Waals surface area contributed by atoms with Crippen molar-refractivity contribution < 1.29 is 23.9 Å². The second-order valence-electron chi connectivity index (χ2n) is 7.35.